The summed E-state index contributed by atoms with van der Waals surface area (Å²) >= 11 is 0. The average molecular weight is 566 g/mol. The van der Waals surface area contributed by atoms with Gasteiger partial charge in [-0.2, -0.15) is 5.10 Å². The summed E-state index contributed by atoms with van der Waals surface area (Å²) in [6.45, 7) is 14.1. The van der Waals surface area contributed by atoms with Gasteiger partial charge in [-0.1, -0.05) is 0 Å². The molecule has 2 aromatic rings. The van der Waals surface area contributed by atoms with Crippen molar-refractivity contribution in [2.24, 2.45) is 5.92 Å². The van der Waals surface area contributed by atoms with Crippen molar-refractivity contribution in [1.29, 1.82) is 0 Å². The zero-order valence-electron chi connectivity index (χ0n) is 25.2. The molecule has 10 nitrogen and oxygen atoms in total. The predicted molar refractivity (Wildman–Crippen MR) is 153 cm³/mol. The Labute approximate surface area is 242 Å². The van der Waals surface area contributed by atoms with E-state index in [2.05, 4.69) is 24.7 Å². The summed E-state index contributed by atoms with van der Waals surface area (Å²) in [6.07, 6.45) is 8.61. The standard InChI is InChI=1S/C31H43N5O5/c1-20-15-24-26(32-17-20)25-23(31(40-24)10-13-34(14-11-31)27(37)39-19-21-7-8-21)18-36(33-25)22-9-12-35(30(5,6)16-22)28(38)41-29(2,3)4/h15,17-18,21-22H,7-14,16,19H2,1-6H3. The van der Waals surface area contributed by atoms with Crippen LogP contribution in [-0.4, -0.2) is 74.1 Å². The van der Waals surface area contributed by atoms with Crippen molar-refractivity contribution in [2.45, 2.75) is 103 Å². The highest BCUT2D eigenvalue weighted by Gasteiger charge is 2.48. The molecule has 222 valence electrons. The third-order valence-electron chi connectivity index (χ3n) is 8.85. The third-order valence-corrected chi connectivity index (χ3v) is 8.85. The molecule has 0 radical (unpaired) electrons. The number of carbonyl (C=O) groups excluding carboxylic acids is 2. The number of aromatic nitrogens is 3. The number of likely N-dealkylation sites (tertiary alicyclic amines) is 2. The fraction of sp³-hybridized carbons (Fsp3) is 0.677. The van der Waals surface area contributed by atoms with Crippen LogP contribution in [0.2, 0.25) is 0 Å². The van der Waals surface area contributed by atoms with Crippen LogP contribution in [0, 0.1) is 12.8 Å². The van der Waals surface area contributed by atoms with Gasteiger partial charge in [-0.05, 0) is 84.8 Å². The van der Waals surface area contributed by atoms with Gasteiger partial charge < -0.3 is 24.0 Å². The van der Waals surface area contributed by atoms with Crippen LogP contribution in [-0.2, 0) is 15.1 Å². The van der Waals surface area contributed by atoms with E-state index < -0.39 is 16.7 Å². The average Bonchev–Trinajstić information content (AvgIpc) is 3.61. The fourth-order valence-corrected chi connectivity index (χ4v) is 6.39. The lowest BCUT2D eigenvalue weighted by atomic mass is 9.82. The van der Waals surface area contributed by atoms with E-state index in [4.69, 9.17) is 24.3 Å². The van der Waals surface area contributed by atoms with Gasteiger partial charge in [0.2, 0.25) is 0 Å². The highest BCUT2D eigenvalue weighted by atomic mass is 16.6. The Morgan fingerprint density at radius 2 is 1.80 bits per heavy atom. The number of pyridine rings is 1. The fourth-order valence-electron chi connectivity index (χ4n) is 6.39. The van der Waals surface area contributed by atoms with E-state index in [0.29, 0.717) is 45.0 Å². The number of aryl methyl sites for hydroxylation is 1. The maximum atomic E-state index is 13.0. The predicted octanol–water partition coefficient (Wildman–Crippen LogP) is 5.83. The van der Waals surface area contributed by atoms with Crippen LogP contribution in [0.1, 0.15) is 90.3 Å². The summed E-state index contributed by atoms with van der Waals surface area (Å²) in [4.78, 5) is 34.1. The Hall–Kier alpha value is -3.30. The summed E-state index contributed by atoms with van der Waals surface area (Å²) in [5.41, 5.74) is 2.14. The molecule has 1 aliphatic carbocycles. The van der Waals surface area contributed by atoms with Crippen molar-refractivity contribution in [3.05, 3.63) is 29.6 Å². The molecule has 6 rings (SSSR count). The van der Waals surface area contributed by atoms with Crippen LogP contribution in [0.25, 0.3) is 11.4 Å². The molecule has 1 spiro atoms. The number of ether oxygens (including phenoxy) is 3. The number of amides is 2. The van der Waals surface area contributed by atoms with Gasteiger partial charge >= 0.3 is 12.2 Å². The number of nitrogens with zero attached hydrogens (tertiary/aromatic N) is 5. The Bertz CT molecular complexity index is 1330. The van der Waals surface area contributed by atoms with Gasteiger partial charge in [0.15, 0.2) is 0 Å². The van der Waals surface area contributed by atoms with E-state index in [0.717, 1.165) is 53.9 Å². The van der Waals surface area contributed by atoms with Crippen molar-refractivity contribution < 1.29 is 23.8 Å². The van der Waals surface area contributed by atoms with E-state index >= 15 is 0 Å². The molecular formula is C31H43N5O5. The van der Waals surface area contributed by atoms with Gasteiger partial charge in [-0.15, -0.1) is 0 Å². The highest BCUT2D eigenvalue weighted by Crippen LogP contribution is 2.49. The normalized spacial score (nSPS) is 22.9. The number of rotatable bonds is 3. The summed E-state index contributed by atoms with van der Waals surface area (Å²) in [6, 6.07) is 2.14. The number of hydrogen-bond acceptors (Lipinski definition) is 7. The van der Waals surface area contributed by atoms with Crippen molar-refractivity contribution >= 4 is 12.2 Å². The highest BCUT2D eigenvalue weighted by molar-refractivity contribution is 5.71. The molecule has 3 aliphatic heterocycles. The molecule has 5 heterocycles. The first-order valence-corrected chi connectivity index (χ1v) is 15.0. The lowest BCUT2D eigenvalue weighted by Crippen LogP contribution is -2.54. The van der Waals surface area contributed by atoms with Crippen LogP contribution in [0.5, 0.6) is 5.75 Å². The molecule has 0 aromatic carbocycles. The molecule has 2 amide bonds. The third kappa shape index (κ3) is 5.49. The van der Waals surface area contributed by atoms with Crippen LogP contribution < -0.4 is 4.74 Å². The van der Waals surface area contributed by atoms with Gasteiger partial charge in [0, 0.05) is 56.0 Å². The molecule has 10 heteroatoms. The Kier molecular flexibility index (Phi) is 6.73. The lowest BCUT2D eigenvalue weighted by Gasteiger charge is -2.45. The summed E-state index contributed by atoms with van der Waals surface area (Å²) in [5, 5.41) is 5.13. The number of piperidine rings is 2. The van der Waals surface area contributed by atoms with Gasteiger partial charge in [-0.25, -0.2) is 9.59 Å². The van der Waals surface area contributed by atoms with Crippen LogP contribution in [0.15, 0.2) is 18.5 Å². The van der Waals surface area contributed by atoms with E-state index in [1.807, 2.05) is 44.9 Å². The second-order valence-corrected chi connectivity index (χ2v) is 13.9. The Morgan fingerprint density at radius 1 is 1.07 bits per heavy atom. The molecule has 2 aromatic heterocycles. The second kappa shape index (κ2) is 9.91. The van der Waals surface area contributed by atoms with Crippen LogP contribution in [0.3, 0.4) is 0 Å². The number of fused-ring (bicyclic) bond motifs is 4. The Balaban J connectivity index is 1.25. The molecule has 0 N–H and O–H groups in total. The van der Waals surface area contributed by atoms with Gasteiger partial charge in [0.05, 0.1) is 12.6 Å². The van der Waals surface area contributed by atoms with Crippen molar-refractivity contribution in [3.8, 4) is 17.1 Å². The zero-order valence-corrected chi connectivity index (χ0v) is 25.2. The molecule has 1 atom stereocenters. The van der Waals surface area contributed by atoms with E-state index in [9.17, 15) is 9.59 Å². The van der Waals surface area contributed by atoms with Gasteiger partial charge in [0.25, 0.3) is 0 Å². The first-order valence-electron chi connectivity index (χ1n) is 15.0. The molecule has 1 saturated carbocycles. The minimum atomic E-state index is -0.587. The van der Waals surface area contributed by atoms with Crippen molar-refractivity contribution in [3.63, 3.8) is 0 Å². The maximum Gasteiger partial charge on any atom is 0.410 e. The summed E-state index contributed by atoms with van der Waals surface area (Å²) in [7, 11) is 0. The van der Waals surface area contributed by atoms with Crippen LogP contribution >= 0.6 is 0 Å². The smallest absolute Gasteiger partial charge is 0.410 e. The molecular weight excluding hydrogens is 522 g/mol. The van der Waals surface area contributed by atoms with E-state index in [1.165, 1.54) is 0 Å². The largest absolute Gasteiger partial charge is 0.480 e. The van der Waals surface area contributed by atoms with E-state index in [-0.39, 0.29) is 18.2 Å². The SMILES string of the molecule is Cc1cnc2c(c1)OC1(CCN(C(=O)OCC3CC3)CC1)c1cn(C3CCN(C(=O)OC(C)(C)C)C(C)(C)C3)nc1-2. The molecule has 2 saturated heterocycles. The molecule has 41 heavy (non-hydrogen) atoms. The lowest BCUT2D eigenvalue weighted by molar-refractivity contribution is -0.0144. The maximum absolute atomic E-state index is 13.0. The number of hydrogen-bond donors (Lipinski definition) is 0. The molecule has 3 fully saturated rings. The van der Waals surface area contributed by atoms with E-state index in [1.54, 1.807) is 4.90 Å². The minimum Gasteiger partial charge on any atom is -0.480 e. The topological polar surface area (TPSA) is 99.0 Å². The second-order valence-electron chi connectivity index (χ2n) is 13.9. The first kappa shape index (κ1) is 27.8. The summed E-state index contributed by atoms with van der Waals surface area (Å²) in [5.74, 6) is 1.28. The van der Waals surface area contributed by atoms with Crippen LogP contribution in [0.4, 0.5) is 9.59 Å². The number of carbonyl (C=O) groups is 2. The van der Waals surface area contributed by atoms with Crippen molar-refractivity contribution in [2.75, 3.05) is 26.2 Å². The van der Waals surface area contributed by atoms with Crippen molar-refractivity contribution in [1.82, 2.24) is 24.6 Å². The zero-order chi connectivity index (χ0) is 29.2. The minimum absolute atomic E-state index is 0.109. The molecule has 4 aliphatic rings. The molecule has 1 unspecified atom stereocenters. The molecule has 0 bridgehead atoms. The first-order chi connectivity index (χ1) is 19.3. The quantitative estimate of drug-likeness (QED) is 0.461. The van der Waals surface area contributed by atoms with Gasteiger partial charge in [-0.3, -0.25) is 9.67 Å². The summed E-state index contributed by atoms with van der Waals surface area (Å²) < 4.78 is 20.1. The van der Waals surface area contributed by atoms with Gasteiger partial charge in [0.1, 0.15) is 28.3 Å². The Morgan fingerprint density at radius 3 is 2.46 bits per heavy atom. The monoisotopic (exact) mass is 565 g/mol.